The third-order valence-electron chi connectivity index (χ3n) is 3.41. The van der Waals surface area contributed by atoms with Gasteiger partial charge in [-0.05, 0) is 24.8 Å². The number of halogens is 1. The van der Waals surface area contributed by atoms with Crippen molar-refractivity contribution in [1.82, 2.24) is 4.90 Å². The molecule has 5 heteroatoms. The first-order chi connectivity index (χ1) is 10.7. The van der Waals surface area contributed by atoms with Gasteiger partial charge in [0.25, 0.3) is 0 Å². The minimum atomic E-state index is 0. The summed E-state index contributed by atoms with van der Waals surface area (Å²) in [6.45, 7) is 8.44. The molecular formula is C18H21BrNO2Y-. The Morgan fingerprint density at radius 1 is 1.22 bits per heavy atom. The van der Waals surface area contributed by atoms with Crippen LogP contribution in [0.3, 0.4) is 0 Å². The van der Waals surface area contributed by atoms with Crippen molar-refractivity contribution >= 4 is 21.6 Å². The Morgan fingerprint density at radius 2 is 1.91 bits per heavy atom. The second-order valence-electron chi connectivity index (χ2n) is 4.90. The van der Waals surface area contributed by atoms with Crippen LogP contribution in [-0.2, 0) is 37.4 Å². The number of rotatable bonds is 7. The predicted molar refractivity (Wildman–Crippen MR) is 93.6 cm³/mol. The van der Waals surface area contributed by atoms with Crippen molar-refractivity contribution in [2.24, 2.45) is 0 Å². The Bertz CT molecular complexity index is 581. The molecule has 3 nitrogen and oxygen atoms in total. The van der Waals surface area contributed by atoms with Gasteiger partial charge in [-0.25, -0.2) is 0 Å². The van der Waals surface area contributed by atoms with Gasteiger partial charge in [0.1, 0.15) is 5.75 Å². The van der Waals surface area contributed by atoms with Crippen LogP contribution in [0.5, 0.6) is 5.75 Å². The molecule has 1 aromatic rings. The van der Waals surface area contributed by atoms with E-state index in [2.05, 4.69) is 52.5 Å². The van der Waals surface area contributed by atoms with Gasteiger partial charge in [0.2, 0.25) is 0 Å². The van der Waals surface area contributed by atoms with E-state index in [4.69, 9.17) is 9.47 Å². The summed E-state index contributed by atoms with van der Waals surface area (Å²) < 4.78 is 11.7. The van der Waals surface area contributed by atoms with Gasteiger partial charge < -0.3 is 14.4 Å². The molecule has 1 radical (unpaired) electrons. The molecule has 0 amide bonds. The predicted octanol–water partition coefficient (Wildman–Crippen LogP) is 4.37. The average molecular weight is 452 g/mol. The largest absolute Gasteiger partial charge is 0.494 e. The Kier molecular flexibility index (Phi) is 9.37. The summed E-state index contributed by atoms with van der Waals surface area (Å²) in [5, 5.41) is 0. The van der Waals surface area contributed by atoms with Crippen LogP contribution in [0.25, 0.3) is 5.70 Å². The topological polar surface area (TPSA) is 21.7 Å². The van der Waals surface area contributed by atoms with Crippen LogP contribution in [0.15, 0.2) is 47.1 Å². The van der Waals surface area contributed by atoms with Crippen molar-refractivity contribution in [3.8, 4) is 5.75 Å². The third-order valence-corrected chi connectivity index (χ3v) is 4.10. The Labute approximate surface area is 172 Å². The molecule has 0 aliphatic carbocycles. The quantitative estimate of drug-likeness (QED) is 0.453. The molecule has 0 unspecified atom stereocenters. The van der Waals surface area contributed by atoms with Crippen LogP contribution < -0.4 is 4.74 Å². The molecule has 1 aliphatic rings. The van der Waals surface area contributed by atoms with E-state index in [9.17, 15) is 0 Å². The minimum Gasteiger partial charge on any atom is -0.494 e. The van der Waals surface area contributed by atoms with Gasteiger partial charge in [0.15, 0.2) is 0 Å². The van der Waals surface area contributed by atoms with Crippen LogP contribution in [-0.4, -0.2) is 31.8 Å². The monoisotopic (exact) mass is 451 g/mol. The van der Waals surface area contributed by atoms with E-state index >= 15 is 0 Å². The fourth-order valence-electron chi connectivity index (χ4n) is 2.25. The number of hydrogen-bond donors (Lipinski definition) is 0. The van der Waals surface area contributed by atoms with Crippen LogP contribution >= 0.6 is 15.9 Å². The number of hydrogen-bond acceptors (Lipinski definition) is 3. The molecule has 1 heterocycles. The minimum absolute atomic E-state index is 0. The smallest absolute Gasteiger partial charge is 0.117 e. The second kappa shape index (κ2) is 10.4. The summed E-state index contributed by atoms with van der Waals surface area (Å²) in [4.78, 5) is 2.14. The summed E-state index contributed by atoms with van der Waals surface area (Å²) in [6, 6.07) is 8.08. The molecule has 0 spiro atoms. The zero-order valence-corrected chi connectivity index (χ0v) is 18.1. The van der Waals surface area contributed by atoms with Gasteiger partial charge in [-0.2, -0.15) is 12.2 Å². The number of nitrogens with zero attached hydrogens (tertiary/aromatic N) is 1. The van der Waals surface area contributed by atoms with Crippen molar-refractivity contribution in [3.05, 3.63) is 58.7 Å². The summed E-state index contributed by atoms with van der Waals surface area (Å²) in [5.74, 6) is 0.870. The molecule has 0 aromatic heterocycles. The zero-order valence-electron chi connectivity index (χ0n) is 13.6. The molecule has 0 atom stereocenters. The van der Waals surface area contributed by atoms with Crippen LogP contribution in [0.4, 0.5) is 0 Å². The molecule has 121 valence electrons. The average Bonchev–Trinajstić information content (AvgIpc) is 2.55. The SMILES string of the molecule is C=C1C(Br)=C[C-]=C(c2ccc(OCCCOC)cc2)N1CC.[Y]. The van der Waals surface area contributed by atoms with Crippen molar-refractivity contribution in [3.63, 3.8) is 0 Å². The maximum Gasteiger partial charge on any atom is 0.117 e. The number of likely N-dealkylation sites (N-methyl/N-ethyl adjacent to an activating group) is 1. The van der Waals surface area contributed by atoms with Crippen molar-refractivity contribution in [1.29, 1.82) is 0 Å². The van der Waals surface area contributed by atoms with Crippen LogP contribution in [0.1, 0.15) is 18.9 Å². The Morgan fingerprint density at radius 3 is 2.52 bits per heavy atom. The first kappa shape index (κ1) is 20.6. The molecule has 2 rings (SSSR count). The maximum atomic E-state index is 5.68. The van der Waals surface area contributed by atoms with E-state index in [0.717, 1.165) is 40.2 Å². The second-order valence-corrected chi connectivity index (χ2v) is 5.75. The Hall–Kier alpha value is -0.416. The number of ether oxygens (including phenoxy) is 2. The van der Waals surface area contributed by atoms with Crippen molar-refractivity contribution in [2.75, 3.05) is 26.9 Å². The molecule has 0 fully saturated rings. The molecule has 1 aliphatic heterocycles. The van der Waals surface area contributed by atoms with Gasteiger partial charge in [0, 0.05) is 59.4 Å². The first-order valence-electron chi connectivity index (χ1n) is 7.35. The van der Waals surface area contributed by atoms with Gasteiger partial charge in [-0.15, -0.1) is 28.1 Å². The van der Waals surface area contributed by atoms with Gasteiger partial charge in [-0.3, -0.25) is 0 Å². The van der Waals surface area contributed by atoms with E-state index in [1.807, 2.05) is 18.2 Å². The summed E-state index contributed by atoms with van der Waals surface area (Å²) in [7, 11) is 1.70. The molecule has 0 N–H and O–H groups in total. The maximum absolute atomic E-state index is 5.68. The van der Waals surface area contributed by atoms with Crippen molar-refractivity contribution in [2.45, 2.75) is 13.3 Å². The molecule has 0 saturated carbocycles. The normalized spacial score (nSPS) is 14.0. The van der Waals surface area contributed by atoms with Gasteiger partial charge in [0.05, 0.1) is 6.61 Å². The molecule has 0 saturated heterocycles. The summed E-state index contributed by atoms with van der Waals surface area (Å²) >= 11 is 3.50. The van der Waals surface area contributed by atoms with Gasteiger partial charge >= 0.3 is 0 Å². The van der Waals surface area contributed by atoms with E-state index < -0.39 is 0 Å². The molecule has 23 heavy (non-hydrogen) atoms. The Balaban J connectivity index is 0.00000264. The molecular weight excluding hydrogens is 431 g/mol. The van der Waals surface area contributed by atoms with E-state index in [1.165, 1.54) is 0 Å². The number of allylic oxidation sites excluding steroid dienone is 3. The van der Waals surface area contributed by atoms with Crippen LogP contribution in [0.2, 0.25) is 0 Å². The third kappa shape index (κ3) is 5.56. The molecule has 0 bridgehead atoms. The summed E-state index contributed by atoms with van der Waals surface area (Å²) in [6.07, 6.45) is 6.12. The van der Waals surface area contributed by atoms with E-state index in [-0.39, 0.29) is 32.7 Å². The van der Waals surface area contributed by atoms with E-state index in [0.29, 0.717) is 13.2 Å². The number of benzene rings is 1. The first-order valence-corrected chi connectivity index (χ1v) is 8.14. The fraction of sp³-hybridized carbons (Fsp3) is 0.333. The fourth-order valence-corrected chi connectivity index (χ4v) is 2.58. The van der Waals surface area contributed by atoms with Crippen LogP contribution in [0, 0.1) is 6.08 Å². The number of methoxy groups -OCH3 is 1. The summed E-state index contributed by atoms with van der Waals surface area (Å²) in [5.41, 5.74) is 3.08. The van der Waals surface area contributed by atoms with Gasteiger partial charge in [-0.1, -0.05) is 22.3 Å². The van der Waals surface area contributed by atoms with E-state index in [1.54, 1.807) is 7.11 Å². The molecule has 1 aromatic carbocycles. The van der Waals surface area contributed by atoms with Crippen molar-refractivity contribution < 1.29 is 42.2 Å². The standard InChI is InChI=1S/C18H21BrNO2.Y/c1-4-20-14(2)17(19)10-11-18(20)15-6-8-16(9-7-15)22-13-5-12-21-3;/h6-10H,2,4-5,12-13H2,1,3H3;/q-1;. The zero-order chi connectivity index (χ0) is 15.9.